The van der Waals surface area contributed by atoms with Gasteiger partial charge in [-0.15, -0.1) is 173 Å². The van der Waals surface area contributed by atoms with Crippen molar-refractivity contribution in [1.82, 2.24) is 24.9 Å². The van der Waals surface area contributed by atoms with Crippen molar-refractivity contribution in [2.75, 3.05) is 0 Å². The van der Waals surface area contributed by atoms with Crippen molar-refractivity contribution in [2.24, 2.45) is 0 Å². The van der Waals surface area contributed by atoms with Gasteiger partial charge < -0.3 is 24.9 Å². The third kappa shape index (κ3) is 15.2. The van der Waals surface area contributed by atoms with Crippen LogP contribution in [0.25, 0.3) is 162 Å². The molecule has 5 heterocycles. The van der Waals surface area contributed by atoms with Crippen LogP contribution >= 0.6 is 0 Å². The maximum atomic E-state index is 4.73. The van der Waals surface area contributed by atoms with Gasteiger partial charge in [0.15, 0.2) is 0 Å². The number of hydrogen-bond donors (Lipinski definition) is 0. The minimum absolute atomic E-state index is 0. The summed E-state index contributed by atoms with van der Waals surface area (Å²) in [6, 6.07) is 104. The van der Waals surface area contributed by atoms with Gasteiger partial charge in [-0.1, -0.05) is 237 Å². The van der Waals surface area contributed by atoms with Crippen molar-refractivity contribution in [3.63, 3.8) is 0 Å². The summed E-state index contributed by atoms with van der Waals surface area (Å²) in [5, 5.41) is 29.8. The number of benzene rings is 15. The third-order valence-corrected chi connectivity index (χ3v) is 19.4. The molecule has 5 aromatic heterocycles. The van der Waals surface area contributed by atoms with E-state index in [-0.39, 0.29) is 111 Å². The molecule has 0 amide bonds. The van der Waals surface area contributed by atoms with E-state index in [0.717, 1.165) is 54.5 Å². The van der Waals surface area contributed by atoms with Crippen molar-refractivity contribution >= 4 is 162 Å². The molecule has 0 fully saturated rings. The first-order valence-electron chi connectivity index (χ1n) is 34.2. The fourth-order valence-corrected chi connectivity index (χ4v) is 14.2. The average molecular weight is 2240 g/mol. The largest absolute Gasteiger partial charge is 0.303 e. The van der Waals surface area contributed by atoms with E-state index >= 15 is 0 Å². The summed E-state index contributed by atoms with van der Waals surface area (Å²) in [5.41, 5.74) is 10.6. The smallest absolute Gasteiger partial charge is 0.0239 e. The molecule has 0 aliphatic heterocycles. The molecule has 0 atom stereocenters. The van der Waals surface area contributed by atoms with Crippen LogP contribution in [0.2, 0.25) is 0 Å². The van der Waals surface area contributed by atoms with Crippen molar-refractivity contribution in [3.8, 4) is 0 Å². The van der Waals surface area contributed by atoms with Crippen molar-refractivity contribution < 1.29 is 101 Å². The van der Waals surface area contributed by atoms with Crippen LogP contribution in [0.1, 0.15) is 63.8 Å². The third-order valence-electron chi connectivity index (χ3n) is 19.4. The molecule has 0 bridgehead atoms. The van der Waals surface area contributed by atoms with Gasteiger partial charge in [0, 0.05) is 132 Å². The van der Waals surface area contributed by atoms with Crippen molar-refractivity contribution in [2.45, 2.75) is 66.2 Å². The quantitative estimate of drug-likeness (QED) is 0.112. The molecule has 15 aromatic carbocycles. The van der Waals surface area contributed by atoms with Gasteiger partial charge in [0.1, 0.15) is 0 Å². The van der Waals surface area contributed by atoms with Crippen LogP contribution in [0.3, 0.4) is 0 Å². The van der Waals surface area contributed by atoms with Gasteiger partial charge in [0.05, 0.1) is 0 Å². The summed E-state index contributed by atoms with van der Waals surface area (Å²) < 4.78 is 0. The summed E-state index contributed by atoms with van der Waals surface area (Å²) in [5.74, 6) is 0. The number of pyridine rings is 5. The van der Waals surface area contributed by atoms with Crippen LogP contribution in [-0.4, -0.2) is 24.9 Å². The van der Waals surface area contributed by atoms with E-state index in [1.165, 1.54) is 130 Å². The fraction of sp³-hybridized carbons (Fsp3) is 0.105. The molecular formula is C95H70Ir5N5-5. The normalized spacial score (nSPS) is 11.2. The summed E-state index contributed by atoms with van der Waals surface area (Å²) in [4.78, 5) is 23.3. The number of aromatic nitrogens is 5. The molecule has 0 saturated carbocycles. The zero-order valence-corrected chi connectivity index (χ0v) is 70.9. The molecule has 0 N–H and O–H groups in total. The van der Waals surface area contributed by atoms with Gasteiger partial charge >= 0.3 is 0 Å². The first-order chi connectivity index (χ1) is 48.7. The van der Waals surface area contributed by atoms with E-state index in [1.54, 1.807) is 0 Å². The Morgan fingerprint density at radius 1 is 0.248 bits per heavy atom. The topological polar surface area (TPSA) is 64.5 Å². The Kier molecular flexibility index (Phi) is 23.9. The number of aryl methyl sites for hydroxylation is 2. The van der Waals surface area contributed by atoms with Crippen LogP contribution in [0, 0.1) is 44.2 Å². The van der Waals surface area contributed by atoms with Gasteiger partial charge in [-0.2, -0.15) is 0 Å². The molecule has 5 nitrogen and oxygen atoms in total. The van der Waals surface area contributed by atoms with Crippen molar-refractivity contribution in [1.29, 1.82) is 0 Å². The number of rotatable bonds is 0. The van der Waals surface area contributed by atoms with Crippen molar-refractivity contribution in [3.05, 3.63) is 332 Å². The van der Waals surface area contributed by atoms with Gasteiger partial charge in [-0.3, -0.25) is 0 Å². The molecule has 5 radical (unpaired) electrons. The zero-order valence-electron chi connectivity index (χ0n) is 59.0. The molecular weight excluding hydrogens is 2170 g/mol. The first kappa shape index (κ1) is 77.3. The van der Waals surface area contributed by atoms with Crippen LogP contribution in [0.5, 0.6) is 0 Å². The second-order valence-electron chi connectivity index (χ2n) is 28.1. The second kappa shape index (κ2) is 32.5. The predicted octanol–water partition coefficient (Wildman–Crippen LogP) is 24.9. The Hall–Kier alpha value is -8.80. The van der Waals surface area contributed by atoms with Gasteiger partial charge in [0.2, 0.25) is 0 Å². The van der Waals surface area contributed by atoms with E-state index in [9.17, 15) is 0 Å². The maximum Gasteiger partial charge on any atom is 0.0239 e. The predicted molar refractivity (Wildman–Crippen MR) is 425 cm³/mol. The van der Waals surface area contributed by atoms with E-state index in [4.69, 9.17) is 9.97 Å². The molecule has 0 unspecified atom stereocenters. The molecule has 0 saturated heterocycles. The van der Waals surface area contributed by atoms with Gasteiger partial charge in [-0.05, 0) is 119 Å². The Labute approximate surface area is 679 Å². The SMILES string of the molecule is CC(C)(C)c1c[c-]c2c(ccc3c4ccccc4cnc23)c1.CC(C)(C)c1cc[c-]c2c1ccc1c3ccccc3cnc21.Cc1c[c-]c2c(ccc3c4ccccc4cnc23)c1.Cc1cc[c-]c2c1ccc1c3ccccc3cnc21.[Ir].[Ir].[Ir].[Ir].[Ir].[c-]1cccc2ccc3c4ccccc4cnc3c12. The molecule has 10 heteroatoms. The van der Waals surface area contributed by atoms with Crippen LogP contribution in [0.4, 0.5) is 0 Å². The summed E-state index contributed by atoms with van der Waals surface area (Å²) in [7, 11) is 0. The minimum atomic E-state index is 0. The molecule has 0 aliphatic rings. The summed E-state index contributed by atoms with van der Waals surface area (Å²) in [6.07, 6.45) is 9.77. The zero-order chi connectivity index (χ0) is 68.2. The van der Waals surface area contributed by atoms with E-state index in [0.29, 0.717) is 0 Å². The molecule has 20 aromatic rings. The first-order valence-corrected chi connectivity index (χ1v) is 34.2. The second-order valence-corrected chi connectivity index (χ2v) is 28.1. The standard InChI is InChI=1S/2C21H18N.2C18H12N.C17H10N.5Ir/c1-21(2,3)19-10-6-9-17-16(19)11-12-18-15-8-5-4-7-14(15)13-22-20(17)18;1-21(2,3)16-9-11-18-14(12-16)8-10-19-17-7-5-4-6-15(17)13-22-20(18)19;1-12-5-4-8-16-14(12)9-10-17-15-7-3-2-6-13(15)11-19-18(16)17;1-12-6-8-16-13(10-12)7-9-17-15-5-3-2-4-14(15)11-19-18(16)17;1-4-8-15-12(5-1)9-10-16-14-7-3-2-6-13(14)11-18-17(15)16;;;;;/h4-8,10-13H,1-3H3;4-10,12-13H,1-3H3;2*2-7,9-11H,1H3;1-7,9-11H;;;;;/q5*-1;;;;;. The van der Waals surface area contributed by atoms with E-state index in [2.05, 4.69) is 301 Å². The molecule has 0 spiro atoms. The molecule has 0 aliphatic carbocycles. The Bertz CT molecular complexity index is 6550. The van der Waals surface area contributed by atoms with E-state index < -0.39 is 0 Å². The molecule has 525 valence electrons. The maximum absolute atomic E-state index is 4.73. The Balaban J connectivity index is 0.000000130. The fourth-order valence-electron chi connectivity index (χ4n) is 14.2. The summed E-state index contributed by atoms with van der Waals surface area (Å²) in [6.45, 7) is 17.7. The Morgan fingerprint density at radius 2 is 0.571 bits per heavy atom. The van der Waals surface area contributed by atoms with E-state index in [1.807, 2.05) is 79.5 Å². The van der Waals surface area contributed by atoms with Crippen LogP contribution in [0.15, 0.2) is 280 Å². The Morgan fingerprint density at radius 3 is 1.00 bits per heavy atom. The average Bonchev–Trinajstić information content (AvgIpc) is 0.740. The molecule has 105 heavy (non-hydrogen) atoms. The summed E-state index contributed by atoms with van der Waals surface area (Å²) >= 11 is 0. The molecule has 20 rings (SSSR count). The minimum Gasteiger partial charge on any atom is -0.303 e. The van der Waals surface area contributed by atoms with Gasteiger partial charge in [-0.25, -0.2) is 0 Å². The number of fused-ring (bicyclic) bond motifs is 25. The number of nitrogens with zero attached hydrogens (tertiary/aromatic N) is 5. The van der Waals surface area contributed by atoms with Crippen LogP contribution < -0.4 is 0 Å². The van der Waals surface area contributed by atoms with Gasteiger partial charge in [0.25, 0.3) is 0 Å². The monoisotopic (exact) mass is 2250 g/mol. The van der Waals surface area contributed by atoms with Crippen LogP contribution in [-0.2, 0) is 111 Å². The number of hydrogen-bond acceptors (Lipinski definition) is 5.